The molecule has 0 aliphatic rings. The monoisotopic (exact) mass is 159 g/mol. The zero-order chi connectivity index (χ0) is 7.40. The van der Waals surface area contributed by atoms with Gasteiger partial charge in [-0.15, -0.1) is 5.10 Å². The molecule has 0 aliphatic heterocycles. The number of aromatic nitrogens is 2. The lowest BCUT2D eigenvalue weighted by Crippen LogP contribution is -1.93. The number of hydrogen-bond acceptors (Lipinski definition) is 4. The van der Waals surface area contributed by atoms with E-state index in [1.165, 1.54) is 13.3 Å². The Kier molecular flexibility index (Phi) is 2.28. The van der Waals surface area contributed by atoms with Gasteiger partial charge in [-0.1, -0.05) is 0 Å². The molecule has 1 N–H and O–H groups in total. The highest BCUT2D eigenvalue weighted by molar-refractivity contribution is 6.23. The molecule has 1 aromatic heterocycles. The summed E-state index contributed by atoms with van der Waals surface area (Å²) in [7, 11) is 1.54. The average Bonchev–Trinajstić information content (AvgIpc) is 2.04. The van der Waals surface area contributed by atoms with E-state index in [1.54, 1.807) is 6.07 Å². The van der Waals surface area contributed by atoms with E-state index in [0.717, 1.165) is 0 Å². The standard InChI is InChI=1S/C5H6ClN3O/c1-10-4-2-3-7-9-5(4)8-6/h2-3H,1H3,(H,8,9). The maximum atomic E-state index is 5.28. The van der Waals surface area contributed by atoms with Gasteiger partial charge in [-0.2, -0.15) is 5.10 Å². The van der Waals surface area contributed by atoms with Gasteiger partial charge >= 0.3 is 0 Å². The first-order valence-corrected chi connectivity index (χ1v) is 2.98. The van der Waals surface area contributed by atoms with Crippen molar-refractivity contribution in [2.24, 2.45) is 0 Å². The molecule has 4 nitrogen and oxygen atoms in total. The molecular formula is C5H6ClN3O. The Morgan fingerprint density at radius 3 is 3.00 bits per heavy atom. The van der Waals surface area contributed by atoms with E-state index >= 15 is 0 Å². The van der Waals surface area contributed by atoms with Crippen LogP contribution in [0.25, 0.3) is 0 Å². The third-order valence-electron chi connectivity index (χ3n) is 0.993. The van der Waals surface area contributed by atoms with Gasteiger partial charge in [0.25, 0.3) is 0 Å². The molecule has 0 fully saturated rings. The van der Waals surface area contributed by atoms with Crippen LogP contribution in [0.3, 0.4) is 0 Å². The molecule has 54 valence electrons. The number of hydrogen-bond donors (Lipinski definition) is 1. The second kappa shape index (κ2) is 3.22. The number of halogens is 1. The van der Waals surface area contributed by atoms with Crippen molar-refractivity contribution in [3.63, 3.8) is 0 Å². The molecule has 0 saturated heterocycles. The molecule has 0 aliphatic carbocycles. The minimum atomic E-state index is 0.423. The van der Waals surface area contributed by atoms with Gasteiger partial charge in [0.1, 0.15) is 0 Å². The summed E-state index contributed by atoms with van der Waals surface area (Å²) in [6.07, 6.45) is 1.52. The molecule has 1 heterocycles. The van der Waals surface area contributed by atoms with Crippen LogP contribution in [-0.2, 0) is 0 Å². The lowest BCUT2D eigenvalue weighted by molar-refractivity contribution is 0.414. The first kappa shape index (κ1) is 7.08. The van der Waals surface area contributed by atoms with E-state index in [4.69, 9.17) is 16.5 Å². The van der Waals surface area contributed by atoms with Crippen molar-refractivity contribution in [1.29, 1.82) is 0 Å². The van der Waals surface area contributed by atoms with Crippen LogP contribution in [0.5, 0.6) is 5.75 Å². The second-order valence-electron chi connectivity index (χ2n) is 1.54. The summed E-state index contributed by atoms with van der Waals surface area (Å²) >= 11 is 5.28. The van der Waals surface area contributed by atoms with E-state index in [1.807, 2.05) is 0 Å². The van der Waals surface area contributed by atoms with Gasteiger partial charge in [-0.05, 0) is 0 Å². The van der Waals surface area contributed by atoms with Crippen molar-refractivity contribution >= 4 is 17.6 Å². The predicted molar refractivity (Wildman–Crippen MR) is 38.1 cm³/mol. The Hall–Kier alpha value is -1.03. The molecular weight excluding hydrogens is 154 g/mol. The second-order valence-corrected chi connectivity index (χ2v) is 1.73. The van der Waals surface area contributed by atoms with E-state index in [9.17, 15) is 0 Å². The smallest absolute Gasteiger partial charge is 0.205 e. The van der Waals surface area contributed by atoms with Crippen LogP contribution in [0.1, 0.15) is 0 Å². The average molecular weight is 160 g/mol. The van der Waals surface area contributed by atoms with Gasteiger partial charge in [0.05, 0.1) is 13.3 Å². The Balaban J connectivity index is 2.96. The first-order valence-electron chi connectivity index (χ1n) is 2.61. The maximum absolute atomic E-state index is 5.28. The van der Waals surface area contributed by atoms with E-state index in [2.05, 4.69) is 15.0 Å². The number of ether oxygens (including phenoxy) is 1. The summed E-state index contributed by atoms with van der Waals surface area (Å²) in [5, 5.41) is 7.24. The van der Waals surface area contributed by atoms with Crippen molar-refractivity contribution in [2.45, 2.75) is 0 Å². The fourth-order valence-electron chi connectivity index (χ4n) is 0.550. The summed E-state index contributed by atoms with van der Waals surface area (Å²) in [5.74, 6) is 0.997. The number of nitrogens with zero attached hydrogens (tertiary/aromatic N) is 2. The molecule has 10 heavy (non-hydrogen) atoms. The third-order valence-corrected chi connectivity index (χ3v) is 1.17. The SMILES string of the molecule is COc1ccnnc1NCl. The molecule has 0 radical (unpaired) electrons. The van der Waals surface area contributed by atoms with Gasteiger partial charge < -0.3 is 4.74 Å². The van der Waals surface area contributed by atoms with Crippen LogP contribution in [0.4, 0.5) is 5.82 Å². The largest absolute Gasteiger partial charge is 0.493 e. The zero-order valence-corrected chi connectivity index (χ0v) is 6.09. The highest BCUT2D eigenvalue weighted by Gasteiger charge is 1.99. The molecule has 0 bridgehead atoms. The lowest BCUT2D eigenvalue weighted by atomic mass is 10.5. The van der Waals surface area contributed by atoms with Gasteiger partial charge in [0.2, 0.25) is 5.82 Å². The topological polar surface area (TPSA) is 47.0 Å². The summed E-state index contributed by atoms with van der Waals surface area (Å²) in [4.78, 5) is 2.32. The van der Waals surface area contributed by atoms with E-state index < -0.39 is 0 Å². The van der Waals surface area contributed by atoms with Crippen LogP contribution in [0, 0.1) is 0 Å². The van der Waals surface area contributed by atoms with Gasteiger partial charge in [0, 0.05) is 17.8 Å². The first-order chi connectivity index (χ1) is 4.88. The van der Waals surface area contributed by atoms with Crippen molar-refractivity contribution < 1.29 is 4.74 Å². The van der Waals surface area contributed by atoms with E-state index in [-0.39, 0.29) is 0 Å². The number of anilines is 1. The molecule has 1 aromatic rings. The Morgan fingerprint density at radius 1 is 1.70 bits per heavy atom. The third kappa shape index (κ3) is 1.27. The molecule has 0 unspecified atom stereocenters. The van der Waals surface area contributed by atoms with Crippen LogP contribution >= 0.6 is 11.8 Å². The zero-order valence-electron chi connectivity index (χ0n) is 5.34. The highest BCUT2D eigenvalue weighted by atomic mass is 35.5. The molecule has 0 amide bonds. The summed E-state index contributed by atoms with van der Waals surface area (Å²) < 4.78 is 4.89. The Bertz CT molecular complexity index is 195. The van der Waals surface area contributed by atoms with Crippen LogP contribution in [0.2, 0.25) is 0 Å². The fraction of sp³-hybridized carbons (Fsp3) is 0.200. The molecule has 0 atom stereocenters. The Labute approximate surface area is 63.3 Å². The molecule has 5 heteroatoms. The molecule has 0 aromatic carbocycles. The minimum Gasteiger partial charge on any atom is -0.493 e. The Morgan fingerprint density at radius 2 is 2.50 bits per heavy atom. The van der Waals surface area contributed by atoms with Crippen LogP contribution < -0.4 is 9.57 Å². The van der Waals surface area contributed by atoms with E-state index in [0.29, 0.717) is 11.6 Å². The minimum absolute atomic E-state index is 0.423. The number of nitrogens with one attached hydrogen (secondary N) is 1. The van der Waals surface area contributed by atoms with Crippen molar-refractivity contribution in [2.75, 3.05) is 11.9 Å². The number of rotatable bonds is 2. The normalized spacial score (nSPS) is 9.00. The van der Waals surface area contributed by atoms with Crippen LogP contribution in [-0.4, -0.2) is 17.3 Å². The van der Waals surface area contributed by atoms with Gasteiger partial charge in [0.15, 0.2) is 5.75 Å². The maximum Gasteiger partial charge on any atom is 0.205 e. The summed E-state index contributed by atoms with van der Waals surface area (Å²) in [6, 6.07) is 1.66. The van der Waals surface area contributed by atoms with Gasteiger partial charge in [-0.3, -0.25) is 4.84 Å². The molecule has 0 spiro atoms. The fourth-order valence-corrected chi connectivity index (χ4v) is 0.681. The summed E-state index contributed by atoms with van der Waals surface area (Å²) in [6.45, 7) is 0. The van der Waals surface area contributed by atoms with Crippen molar-refractivity contribution in [3.05, 3.63) is 12.3 Å². The van der Waals surface area contributed by atoms with Crippen LogP contribution in [0.15, 0.2) is 12.3 Å². The molecule has 1 rings (SSSR count). The quantitative estimate of drug-likeness (QED) is 0.656. The lowest BCUT2D eigenvalue weighted by Gasteiger charge is -2.01. The van der Waals surface area contributed by atoms with Crippen molar-refractivity contribution in [3.8, 4) is 5.75 Å². The van der Waals surface area contributed by atoms with Gasteiger partial charge in [-0.25, -0.2) is 0 Å². The highest BCUT2D eigenvalue weighted by Crippen LogP contribution is 2.18. The van der Waals surface area contributed by atoms with Crippen molar-refractivity contribution in [1.82, 2.24) is 10.2 Å². The summed E-state index contributed by atoms with van der Waals surface area (Å²) in [5.41, 5.74) is 0. The molecule has 0 saturated carbocycles. The predicted octanol–water partition coefficient (Wildman–Crippen LogP) is 1.05. The number of methoxy groups -OCH3 is 1.